The second-order valence-corrected chi connectivity index (χ2v) is 12.5. The monoisotopic (exact) mass is 681 g/mol. The third kappa shape index (κ3) is 5.91. The van der Waals surface area contributed by atoms with Gasteiger partial charge in [0.25, 0.3) is 0 Å². The predicted molar refractivity (Wildman–Crippen MR) is 211 cm³/mol. The second-order valence-electron chi connectivity index (χ2n) is 12.5. The molecule has 8 rings (SSSR count). The lowest BCUT2D eigenvalue weighted by Gasteiger charge is -2.22. The van der Waals surface area contributed by atoms with Crippen LogP contribution in [0.5, 0.6) is 5.75 Å². The van der Waals surface area contributed by atoms with Crippen molar-refractivity contribution in [2.24, 2.45) is 0 Å². The van der Waals surface area contributed by atoms with Gasteiger partial charge in [0.15, 0.2) is 0 Å². The Bertz CT molecular complexity index is 2930. The summed E-state index contributed by atoms with van der Waals surface area (Å²) in [7, 11) is 0. The number of benzene rings is 6. The molecule has 0 atom stereocenters. The Morgan fingerprint density at radius 2 is 1.35 bits per heavy atom. The van der Waals surface area contributed by atoms with Crippen molar-refractivity contribution in [1.29, 1.82) is 5.26 Å². The molecule has 2 aromatic heterocycles. The van der Waals surface area contributed by atoms with Gasteiger partial charge in [-0.05, 0) is 81.8 Å². The number of phenols is 1. The van der Waals surface area contributed by atoms with Crippen LogP contribution in [0.4, 0.5) is 0 Å². The van der Waals surface area contributed by atoms with Gasteiger partial charge in [-0.1, -0.05) is 124 Å². The number of rotatable bonds is 6. The Morgan fingerprint density at radius 3 is 2.12 bits per heavy atom. The highest BCUT2D eigenvalue weighted by molar-refractivity contribution is 5.98. The molecule has 0 spiro atoms. The number of fused-ring (bicyclic) bond motifs is 1. The molecule has 5 nitrogen and oxygen atoms in total. The quantitative estimate of drug-likeness (QED) is 0.190. The smallest absolute Gasteiger partial charge is 0.149 e. The Labute approximate surface area is 316 Å². The van der Waals surface area contributed by atoms with Gasteiger partial charge in [-0.2, -0.15) is 5.26 Å². The van der Waals surface area contributed by atoms with Crippen molar-refractivity contribution in [3.63, 3.8) is 0 Å². The molecule has 0 saturated carbocycles. The van der Waals surface area contributed by atoms with Crippen LogP contribution in [0.3, 0.4) is 0 Å². The average Bonchev–Trinajstić information content (AvgIpc) is 3.62. The lowest BCUT2D eigenvalue weighted by Crippen LogP contribution is -2.11. The summed E-state index contributed by atoms with van der Waals surface area (Å²) in [5, 5.41) is 21.7. The summed E-state index contributed by atoms with van der Waals surface area (Å²) >= 11 is 0. The molecule has 52 heavy (non-hydrogen) atoms. The first-order chi connectivity index (χ1) is 29.0. The number of pyridine rings is 1. The third-order valence-corrected chi connectivity index (χ3v) is 9.14. The van der Waals surface area contributed by atoms with Crippen molar-refractivity contribution in [3.05, 3.63) is 169 Å². The first-order valence-corrected chi connectivity index (χ1v) is 16.6. The molecule has 8 aromatic rings. The van der Waals surface area contributed by atoms with Crippen LogP contribution < -0.4 is 0 Å². The van der Waals surface area contributed by atoms with Gasteiger partial charge in [0, 0.05) is 35.2 Å². The lowest BCUT2D eigenvalue weighted by atomic mass is 9.83. The van der Waals surface area contributed by atoms with E-state index in [2.05, 4.69) is 11.1 Å². The van der Waals surface area contributed by atoms with E-state index in [4.69, 9.17) is 17.3 Å². The van der Waals surface area contributed by atoms with E-state index in [0.717, 1.165) is 27.9 Å². The van der Waals surface area contributed by atoms with E-state index in [1.165, 1.54) is 24.4 Å². The van der Waals surface area contributed by atoms with E-state index in [9.17, 15) is 10.4 Å². The number of hydrogen-bond donors (Lipinski definition) is 1. The molecule has 0 radical (unpaired) electrons. The number of aromatic nitrogens is 3. The van der Waals surface area contributed by atoms with Crippen molar-refractivity contribution in [1.82, 2.24) is 14.5 Å². The van der Waals surface area contributed by atoms with Crippen molar-refractivity contribution in [2.75, 3.05) is 0 Å². The molecule has 6 aromatic carbocycles. The van der Waals surface area contributed by atoms with Crippen LogP contribution in [0.15, 0.2) is 158 Å². The molecular weight excluding hydrogens is 637 g/mol. The van der Waals surface area contributed by atoms with Crippen molar-refractivity contribution >= 4 is 11.0 Å². The van der Waals surface area contributed by atoms with E-state index in [-0.39, 0.29) is 28.1 Å². The van der Waals surface area contributed by atoms with Crippen LogP contribution in [0, 0.1) is 11.3 Å². The maximum atomic E-state index is 11.6. The fourth-order valence-corrected chi connectivity index (χ4v) is 6.67. The van der Waals surface area contributed by atoms with Crippen molar-refractivity contribution in [3.8, 4) is 73.5 Å². The maximum absolute atomic E-state index is 11.6. The first kappa shape index (κ1) is 23.6. The summed E-state index contributed by atoms with van der Waals surface area (Å²) in [4.78, 5) is 9.66. The molecule has 0 aliphatic carbocycles. The molecule has 5 heteroatoms. The molecule has 0 amide bonds. The molecule has 250 valence electrons. The SMILES string of the molecule is [2H]C([2H])([2H])C(c1cc(-c2ncccc2C#N)cc(-c2cccc3c2nc(-c2cc(-c4ccccc4)ccc2O)n3-c2ccccc2-c2ccccc2)c1)(C([2H])([2H])[2H])C([2H])([2H])[2H]. The summed E-state index contributed by atoms with van der Waals surface area (Å²) < 4.78 is 79.0. The number of imidazole rings is 1. The number of para-hydroxylation sites is 2. The standard InChI is InChI=1S/C47H36N4O/c1-47(2,3)37-27-35(26-36(28-37)44-34(30-48)18-13-25-49-44)39-20-12-22-42-45(39)50-46(40-29-33(23-24-43(40)52)31-14-6-4-7-15-31)51(42)41-21-11-10-19-38(41)32-16-8-5-9-17-32/h4-29,52H,1-3H3/i1D3,2D3,3D3. The number of phenolic OH excluding ortho intramolecular Hbond substituents is 1. The lowest BCUT2D eigenvalue weighted by molar-refractivity contribution is 0.477. The summed E-state index contributed by atoms with van der Waals surface area (Å²) in [6.45, 7) is -10.7. The minimum atomic E-state index is -3.56. The van der Waals surface area contributed by atoms with Crippen LogP contribution in [0.1, 0.15) is 44.0 Å². The van der Waals surface area contributed by atoms with Gasteiger partial charge in [0.2, 0.25) is 0 Å². The highest BCUT2D eigenvalue weighted by Crippen LogP contribution is 2.42. The minimum absolute atomic E-state index is 0.0451. The zero-order valence-corrected chi connectivity index (χ0v) is 27.7. The van der Waals surface area contributed by atoms with Crippen LogP contribution in [-0.2, 0) is 5.41 Å². The zero-order valence-electron chi connectivity index (χ0n) is 36.7. The first-order valence-electron chi connectivity index (χ1n) is 21.1. The van der Waals surface area contributed by atoms with Crippen LogP contribution in [-0.4, -0.2) is 19.6 Å². The third-order valence-electron chi connectivity index (χ3n) is 9.14. The van der Waals surface area contributed by atoms with Crippen LogP contribution in [0.2, 0.25) is 0 Å². The molecule has 0 bridgehead atoms. The number of hydrogen-bond acceptors (Lipinski definition) is 4. The summed E-state index contributed by atoms with van der Waals surface area (Å²) in [6.07, 6.45) is 1.43. The molecule has 0 aliphatic rings. The van der Waals surface area contributed by atoms with E-state index >= 15 is 0 Å². The van der Waals surface area contributed by atoms with Gasteiger partial charge in [-0.15, -0.1) is 0 Å². The minimum Gasteiger partial charge on any atom is -0.507 e. The van der Waals surface area contributed by atoms with Gasteiger partial charge < -0.3 is 5.11 Å². The number of aromatic hydroxyl groups is 1. The largest absolute Gasteiger partial charge is 0.507 e. The number of nitriles is 1. The fraction of sp³-hybridized carbons (Fsp3) is 0.0851. The Hall–Kier alpha value is -6.77. The van der Waals surface area contributed by atoms with Gasteiger partial charge in [-0.3, -0.25) is 9.55 Å². The summed E-state index contributed by atoms with van der Waals surface area (Å²) in [5.74, 6) is 0.312. The molecule has 0 fully saturated rings. The molecular formula is C47H36N4O. The molecule has 0 unspecified atom stereocenters. The van der Waals surface area contributed by atoms with E-state index < -0.39 is 31.5 Å². The molecule has 0 saturated heterocycles. The van der Waals surface area contributed by atoms with Crippen molar-refractivity contribution < 1.29 is 17.4 Å². The maximum Gasteiger partial charge on any atom is 0.149 e. The zero-order chi connectivity index (χ0) is 43.3. The average molecular weight is 682 g/mol. The summed E-state index contributed by atoms with van der Waals surface area (Å²) in [6, 6.07) is 47.1. The van der Waals surface area contributed by atoms with E-state index in [1.54, 1.807) is 30.3 Å². The number of nitrogens with zero attached hydrogens (tertiary/aromatic N) is 4. The Morgan fingerprint density at radius 1 is 0.635 bits per heavy atom. The molecule has 0 aliphatic heterocycles. The van der Waals surface area contributed by atoms with Crippen molar-refractivity contribution in [2.45, 2.75) is 26.0 Å². The fourth-order valence-electron chi connectivity index (χ4n) is 6.67. The highest BCUT2D eigenvalue weighted by atomic mass is 16.3. The van der Waals surface area contributed by atoms with Gasteiger partial charge >= 0.3 is 0 Å². The van der Waals surface area contributed by atoms with Gasteiger partial charge in [-0.25, -0.2) is 4.98 Å². The van der Waals surface area contributed by atoms with Crippen LogP contribution in [0.25, 0.3) is 72.7 Å². The topological polar surface area (TPSA) is 74.7 Å². The van der Waals surface area contributed by atoms with Gasteiger partial charge in [0.05, 0.1) is 33.5 Å². The van der Waals surface area contributed by atoms with E-state index in [1.807, 2.05) is 108 Å². The van der Waals surface area contributed by atoms with E-state index in [0.29, 0.717) is 28.0 Å². The van der Waals surface area contributed by atoms with Gasteiger partial charge in [0.1, 0.15) is 17.6 Å². The Balaban J connectivity index is 1.50. The molecule has 1 N–H and O–H groups in total. The normalized spacial score (nSPS) is 14.7. The second kappa shape index (κ2) is 13.2. The predicted octanol–water partition coefficient (Wildman–Crippen LogP) is 11.6. The summed E-state index contributed by atoms with van der Waals surface area (Å²) in [5.41, 5.74) is 2.64. The van der Waals surface area contributed by atoms with Crippen LogP contribution >= 0.6 is 0 Å². The Kier molecular flexibility index (Phi) is 5.98. The highest BCUT2D eigenvalue weighted by Gasteiger charge is 2.24. The molecule has 2 heterocycles.